The van der Waals surface area contributed by atoms with E-state index in [1.165, 1.54) is 11.3 Å². The molecule has 1 fully saturated rings. The Labute approximate surface area is 117 Å². The van der Waals surface area contributed by atoms with Crippen LogP contribution in [0.3, 0.4) is 0 Å². The molecule has 106 valence electrons. The van der Waals surface area contributed by atoms with Crippen LogP contribution in [0, 0.1) is 0 Å². The summed E-state index contributed by atoms with van der Waals surface area (Å²) in [6.45, 7) is 4.31. The van der Waals surface area contributed by atoms with Crippen LogP contribution in [0.1, 0.15) is 29.4 Å². The molecule has 7 heteroatoms. The molecule has 2 heterocycles. The van der Waals surface area contributed by atoms with E-state index >= 15 is 0 Å². The van der Waals surface area contributed by atoms with Gasteiger partial charge in [-0.3, -0.25) is 4.79 Å². The van der Waals surface area contributed by atoms with Gasteiger partial charge in [-0.1, -0.05) is 18.3 Å². The summed E-state index contributed by atoms with van der Waals surface area (Å²) in [6, 6.07) is 0.0836. The lowest BCUT2D eigenvalue weighted by Gasteiger charge is -2.15. The summed E-state index contributed by atoms with van der Waals surface area (Å²) in [5, 5.41) is 0.797. The summed E-state index contributed by atoms with van der Waals surface area (Å²) in [5.41, 5.74) is 11.7. The van der Waals surface area contributed by atoms with Crippen molar-refractivity contribution in [3.05, 3.63) is 4.88 Å². The molecule has 1 unspecified atom stereocenters. The van der Waals surface area contributed by atoms with Gasteiger partial charge in [-0.15, -0.1) is 0 Å². The van der Waals surface area contributed by atoms with Crippen molar-refractivity contribution < 1.29 is 4.79 Å². The van der Waals surface area contributed by atoms with Crippen molar-refractivity contribution in [3.63, 3.8) is 0 Å². The SMILES string of the molecule is CCCN(C)c1nc(N)c(C(=O)N2CCC(N)C2)s1. The predicted molar refractivity (Wildman–Crippen MR) is 78.6 cm³/mol. The minimum absolute atomic E-state index is 0.0425. The Balaban J connectivity index is 2.14. The summed E-state index contributed by atoms with van der Waals surface area (Å²) in [6.07, 6.45) is 1.88. The molecule has 1 atom stereocenters. The number of nitrogens with two attached hydrogens (primary N) is 2. The number of amides is 1. The molecule has 0 saturated carbocycles. The van der Waals surface area contributed by atoms with Gasteiger partial charge in [0, 0.05) is 32.7 Å². The van der Waals surface area contributed by atoms with Gasteiger partial charge in [0.2, 0.25) is 0 Å². The van der Waals surface area contributed by atoms with Gasteiger partial charge in [-0.2, -0.15) is 0 Å². The molecule has 1 aromatic rings. The highest BCUT2D eigenvalue weighted by Gasteiger charge is 2.28. The molecule has 2 rings (SSSR count). The first-order chi connectivity index (χ1) is 9.02. The van der Waals surface area contributed by atoms with E-state index in [0.29, 0.717) is 23.8 Å². The predicted octanol–water partition coefficient (Wildman–Crippen LogP) is 0.745. The van der Waals surface area contributed by atoms with Crippen LogP contribution in [0.15, 0.2) is 0 Å². The highest BCUT2D eigenvalue weighted by atomic mass is 32.1. The second-order valence-electron chi connectivity index (χ2n) is 4.93. The topological polar surface area (TPSA) is 88.5 Å². The van der Waals surface area contributed by atoms with E-state index in [0.717, 1.165) is 24.5 Å². The molecule has 1 aliphatic rings. The van der Waals surface area contributed by atoms with E-state index in [-0.39, 0.29) is 11.9 Å². The molecule has 0 radical (unpaired) electrons. The fraction of sp³-hybridized carbons (Fsp3) is 0.667. The van der Waals surface area contributed by atoms with Crippen LogP contribution < -0.4 is 16.4 Å². The molecule has 0 spiro atoms. The first kappa shape index (κ1) is 14.1. The quantitative estimate of drug-likeness (QED) is 0.851. The second-order valence-corrected chi connectivity index (χ2v) is 5.91. The van der Waals surface area contributed by atoms with Gasteiger partial charge < -0.3 is 21.3 Å². The average molecular weight is 283 g/mol. The highest BCUT2D eigenvalue weighted by molar-refractivity contribution is 7.18. The maximum absolute atomic E-state index is 12.3. The number of anilines is 2. The second kappa shape index (κ2) is 5.75. The normalized spacial score (nSPS) is 18.9. The van der Waals surface area contributed by atoms with Gasteiger partial charge >= 0.3 is 0 Å². The van der Waals surface area contributed by atoms with E-state index < -0.39 is 0 Å². The van der Waals surface area contributed by atoms with Gasteiger partial charge in [0.15, 0.2) is 5.13 Å². The van der Waals surface area contributed by atoms with Crippen molar-refractivity contribution in [2.24, 2.45) is 5.73 Å². The molecule has 1 saturated heterocycles. The number of nitrogen functional groups attached to an aromatic ring is 1. The van der Waals surface area contributed by atoms with E-state index in [1.54, 1.807) is 4.90 Å². The summed E-state index contributed by atoms with van der Waals surface area (Å²) < 4.78 is 0. The van der Waals surface area contributed by atoms with Crippen LogP contribution in [0.4, 0.5) is 10.9 Å². The number of rotatable bonds is 4. The Morgan fingerprint density at radius 1 is 1.63 bits per heavy atom. The monoisotopic (exact) mass is 283 g/mol. The van der Waals surface area contributed by atoms with E-state index in [9.17, 15) is 4.79 Å². The molecular formula is C12H21N5OS. The molecule has 0 aliphatic carbocycles. The number of hydrogen-bond donors (Lipinski definition) is 2. The summed E-state index contributed by atoms with van der Waals surface area (Å²) in [7, 11) is 1.96. The van der Waals surface area contributed by atoms with Crippen molar-refractivity contribution in [1.82, 2.24) is 9.88 Å². The fourth-order valence-electron chi connectivity index (χ4n) is 2.18. The number of likely N-dealkylation sites (tertiary alicyclic amines) is 1. The van der Waals surface area contributed by atoms with E-state index in [1.807, 2.05) is 11.9 Å². The highest BCUT2D eigenvalue weighted by Crippen LogP contribution is 2.29. The van der Waals surface area contributed by atoms with Gasteiger partial charge in [-0.25, -0.2) is 4.98 Å². The molecule has 6 nitrogen and oxygen atoms in total. The number of carbonyl (C=O) groups excluding carboxylic acids is 1. The van der Waals surface area contributed by atoms with Crippen molar-refractivity contribution in [3.8, 4) is 0 Å². The number of aromatic nitrogens is 1. The minimum atomic E-state index is -0.0425. The number of thiazole rings is 1. The lowest BCUT2D eigenvalue weighted by Crippen LogP contribution is -2.31. The first-order valence-electron chi connectivity index (χ1n) is 6.55. The van der Waals surface area contributed by atoms with Gasteiger partial charge in [0.1, 0.15) is 10.7 Å². The fourth-order valence-corrected chi connectivity index (χ4v) is 3.12. The first-order valence-corrected chi connectivity index (χ1v) is 7.36. The molecule has 19 heavy (non-hydrogen) atoms. The maximum atomic E-state index is 12.3. The Hall–Kier alpha value is -1.34. The Morgan fingerprint density at radius 3 is 2.95 bits per heavy atom. The minimum Gasteiger partial charge on any atom is -0.382 e. The largest absolute Gasteiger partial charge is 0.382 e. The van der Waals surface area contributed by atoms with Crippen molar-refractivity contribution in [2.75, 3.05) is 37.3 Å². The molecular weight excluding hydrogens is 262 g/mol. The number of carbonyl (C=O) groups is 1. The van der Waals surface area contributed by atoms with E-state index in [2.05, 4.69) is 11.9 Å². The standard InChI is InChI=1S/C12H21N5OS/c1-3-5-16(2)12-15-10(14)9(19-12)11(18)17-6-4-8(13)7-17/h8H,3-7,13-14H2,1-2H3. The van der Waals surface area contributed by atoms with Gasteiger partial charge in [0.25, 0.3) is 5.91 Å². The average Bonchev–Trinajstić information content (AvgIpc) is 2.95. The van der Waals surface area contributed by atoms with Crippen LogP contribution in [0.5, 0.6) is 0 Å². The maximum Gasteiger partial charge on any atom is 0.267 e. The molecule has 0 aromatic carbocycles. The van der Waals surface area contributed by atoms with Gasteiger partial charge in [-0.05, 0) is 12.8 Å². The zero-order valence-corrected chi connectivity index (χ0v) is 12.2. The number of hydrogen-bond acceptors (Lipinski definition) is 6. The smallest absolute Gasteiger partial charge is 0.267 e. The lowest BCUT2D eigenvalue weighted by molar-refractivity contribution is 0.0796. The van der Waals surface area contributed by atoms with Crippen molar-refractivity contribution in [2.45, 2.75) is 25.8 Å². The molecule has 1 aromatic heterocycles. The van der Waals surface area contributed by atoms with Crippen LogP contribution in [0.25, 0.3) is 0 Å². The summed E-state index contributed by atoms with van der Waals surface area (Å²) in [4.78, 5) is 21.0. The summed E-state index contributed by atoms with van der Waals surface area (Å²) in [5.74, 6) is 0.285. The van der Waals surface area contributed by atoms with Crippen molar-refractivity contribution >= 4 is 28.2 Å². The third-order valence-electron chi connectivity index (χ3n) is 3.23. The Morgan fingerprint density at radius 2 is 2.37 bits per heavy atom. The summed E-state index contributed by atoms with van der Waals surface area (Å²) >= 11 is 1.36. The zero-order chi connectivity index (χ0) is 14.0. The molecule has 1 aliphatic heterocycles. The van der Waals surface area contributed by atoms with Crippen LogP contribution >= 0.6 is 11.3 Å². The Bertz CT molecular complexity index is 461. The molecule has 1 amide bonds. The molecule has 4 N–H and O–H groups in total. The van der Waals surface area contributed by atoms with Crippen LogP contribution in [-0.2, 0) is 0 Å². The Kier molecular flexibility index (Phi) is 4.26. The third kappa shape index (κ3) is 2.98. The van der Waals surface area contributed by atoms with Crippen molar-refractivity contribution in [1.29, 1.82) is 0 Å². The zero-order valence-electron chi connectivity index (χ0n) is 11.4. The third-order valence-corrected chi connectivity index (χ3v) is 4.41. The number of nitrogens with zero attached hydrogens (tertiary/aromatic N) is 3. The van der Waals surface area contributed by atoms with E-state index in [4.69, 9.17) is 11.5 Å². The van der Waals surface area contributed by atoms with Crippen LogP contribution in [-0.4, -0.2) is 48.5 Å². The van der Waals surface area contributed by atoms with Crippen LogP contribution in [0.2, 0.25) is 0 Å². The lowest BCUT2D eigenvalue weighted by atomic mass is 10.3. The van der Waals surface area contributed by atoms with Gasteiger partial charge in [0.05, 0.1) is 0 Å². The molecule has 0 bridgehead atoms.